The molecule has 1 unspecified atom stereocenters. The highest BCUT2D eigenvalue weighted by atomic mass is 127. The summed E-state index contributed by atoms with van der Waals surface area (Å²) >= 11 is 8.58. The van der Waals surface area contributed by atoms with Gasteiger partial charge in [-0.05, 0) is 83.4 Å². The summed E-state index contributed by atoms with van der Waals surface area (Å²) in [6.45, 7) is 4.76. The minimum Gasteiger partial charge on any atom is -0.306 e. The van der Waals surface area contributed by atoms with Gasteiger partial charge < -0.3 is 5.32 Å². The Bertz CT molecular complexity index is 630. The number of nitrogens with one attached hydrogen (secondary N) is 1. The molecule has 2 rings (SSSR count). The van der Waals surface area contributed by atoms with E-state index in [2.05, 4.69) is 53.0 Å². The van der Waals surface area contributed by atoms with E-state index in [1.165, 1.54) is 9.64 Å². The normalized spacial score (nSPS) is 12.4. The first kappa shape index (κ1) is 16.7. The van der Waals surface area contributed by atoms with E-state index in [-0.39, 0.29) is 11.9 Å². The number of hydrogen-bond donors (Lipinski definition) is 1. The highest BCUT2D eigenvalue weighted by molar-refractivity contribution is 14.1. The highest BCUT2D eigenvalue weighted by Gasteiger charge is 2.18. The molecule has 0 saturated heterocycles. The quantitative estimate of drug-likeness (QED) is 0.635. The molecule has 0 aliphatic heterocycles. The Hall–Kier alpha value is -0.650. The summed E-state index contributed by atoms with van der Waals surface area (Å²) in [6.07, 6.45) is 1.03. The van der Waals surface area contributed by atoms with E-state index >= 15 is 0 Å². The Morgan fingerprint density at radius 3 is 2.71 bits per heavy atom. The molecular formula is C17H18ClFIN. The van der Waals surface area contributed by atoms with Gasteiger partial charge in [-0.1, -0.05) is 30.7 Å². The van der Waals surface area contributed by atoms with E-state index in [1.807, 2.05) is 12.1 Å². The molecule has 2 aromatic rings. The zero-order valence-corrected chi connectivity index (χ0v) is 15.0. The molecule has 0 radical (unpaired) electrons. The van der Waals surface area contributed by atoms with E-state index in [0.29, 0.717) is 10.6 Å². The maximum absolute atomic E-state index is 13.6. The summed E-state index contributed by atoms with van der Waals surface area (Å²) in [4.78, 5) is 0. The third-order valence-corrected chi connectivity index (χ3v) is 4.37. The van der Waals surface area contributed by atoms with Crippen LogP contribution < -0.4 is 5.32 Å². The van der Waals surface area contributed by atoms with Crippen LogP contribution in [0.4, 0.5) is 4.39 Å². The minimum absolute atomic E-state index is 0.0218. The van der Waals surface area contributed by atoms with Crippen LogP contribution in [-0.4, -0.2) is 6.54 Å². The van der Waals surface area contributed by atoms with Crippen molar-refractivity contribution in [3.63, 3.8) is 0 Å². The van der Waals surface area contributed by atoms with Crippen molar-refractivity contribution in [3.05, 3.63) is 67.5 Å². The number of hydrogen-bond acceptors (Lipinski definition) is 1. The Morgan fingerprint density at radius 1 is 1.29 bits per heavy atom. The largest absolute Gasteiger partial charge is 0.306 e. The van der Waals surface area contributed by atoms with Crippen LogP contribution in [0.25, 0.3) is 0 Å². The molecule has 1 atom stereocenters. The lowest BCUT2D eigenvalue weighted by molar-refractivity contribution is 0.590. The topological polar surface area (TPSA) is 12.0 Å². The van der Waals surface area contributed by atoms with Crippen molar-refractivity contribution in [1.29, 1.82) is 0 Å². The lowest BCUT2D eigenvalue weighted by Gasteiger charge is -2.22. The van der Waals surface area contributed by atoms with Gasteiger partial charge in [-0.25, -0.2) is 4.39 Å². The van der Waals surface area contributed by atoms with Crippen molar-refractivity contribution >= 4 is 34.2 Å². The van der Waals surface area contributed by atoms with Crippen LogP contribution in [0.5, 0.6) is 0 Å². The summed E-state index contributed by atoms with van der Waals surface area (Å²) in [6, 6.07) is 11.5. The van der Waals surface area contributed by atoms with Gasteiger partial charge in [0.1, 0.15) is 5.82 Å². The molecular weight excluding hydrogens is 400 g/mol. The molecule has 0 fully saturated rings. The zero-order chi connectivity index (χ0) is 15.4. The first-order valence-corrected chi connectivity index (χ1v) is 8.43. The molecule has 0 aliphatic carbocycles. The van der Waals surface area contributed by atoms with Crippen LogP contribution in [0, 0.1) is 16.3 Å². The van der Waals surface area contributed by atoms with Gasteiger partial charge in [0.2, 0.25) is 0 Å². The van der Waals surface area contributed by atoms with Gasteiger partial charge in [0.15, 0.2) is 0 Å². The van der Waals surface area contributed by atoms with E-state index in [0.717, 1.165) is 24.1 Å². The summed E-state index contributed by atoms with van der Waals surface area (Å²) in [5.41, 5.74) is 2.68. The second-order valence-corrected chi connectivity index (χ2v) is 6.72. The molecule has 2 aromatic carbocycles. The highest BCUT2D eigenvalue weighted by Crippen LogP contribution is 2.31. The molecule has 0 heterocycles. The summed E-state index contributed by atoms with van der Waals surface area (Å²) in [5.74, 6) is -0.263. The van der Waals surface area contributed by atoms with Gasteiger partial charge in [0, 0.05) is 8.59 Å². The lowest BCUT2D eigenvalue weighted by Crippen LogP contribution is -2.23. The van der Waals surface area contributed by atoms with Gasteiger partial charge >= 0.3 is 0 Å². The van der Waals surface area contributed by atoms with E-state index in [1.54, 1.807) is 6.92 Å². The Labute approximate surface area is 144 Å². The standard InChI is InChI=1S/C17H18ClFIN/c1-3-7-21-17(12-5-4-6-13(20)9-12)14-8-11(2)16(19)10-15(14)18/h4-6,8-10,17,21H,3,7H2,1-2H3. The fourth-order valence-corrected chi connectivity index (χ4v) is 3.11. The molecule has 112 valence electrons. The predicted molar refractivity (Wildman–Crippen MR) is 95.4 cm³/mol. The molecule has 4 heteroatoms. The zero-order valence-electron chi connectivity index (χ0n) is 12.1. The van der Waals surface area contributed by atoms with E-state index in [9.17, 15) is 4.39 Å². The molecule has 0 spiro atoms. The second kappa shape index (κ2) is 7.56. The summed E-state index contributed by atoms with van der Waals surface area (Å²) in [5, 5.41) is 3.97. The van der Waals surface area contributed by atoms with Gasteiger partial charge in [-0.15, -0.1) is 0 Å². The summed E-state index contributed by atoms with van der Waals surface area (Å²) in [7, 11) is 0. The number of rotatable bonds is 5. The number of aryl methyl sites for hydroxylation is 1. The molecule has 0 aromatic heterocycles. The van der Waals surface area contributed by atoms with Gasteiger partial charge in [0.25, 0.3) is 0 Å². The van der Waals surface area contributed by atoms with Gasteiger partial charge in [-0.2, -0.15) is 0 Å². The van der Waals surface area contributed by atoms with Crippen molar-refractivity contribution in [3.8, 4) is 0 Å². The Morgan fingerprint density at radius 2 is 2.05 bits per heavy atom. The Balaban J connectivity index is 2.47. The first-order chi connectivity index (χ1) is 10.0. The monoisotopic (exact) mass is 417 g/mol. The van der Waals surface area contributed by atoms with E-state index in [4.69, 9.17) is 11.6 Å². The van der Waals surface area contributed by atoms with Crippen molar-refractivity contribution in [1.82, 2.24) is 5.32 Å². The van der Waals surface area contributed by atoms with Crippen LogP contribution in [0.15, 0.2) is 36.4 Å². The van der Waals surface area contributed by atoms with Crippen LogP contribution in [0.2, 0.25) is 5.02 Å². The average molecular weight is 418 g/mol. The maximum atomic E-state index is 13.6. The van der Waals surface area contributed by atoms with E-state index < -0.39 is 0 Å². The molecule has 1 nitrogen and oxygen atoms in total. The molecule has 0 saturated carbocycles. The van der Waals surface area contributed by atoms with Crippen LogP contribution >= 0.6 is 34.2 Å². The van der Waals surface area contributed by atoms with Crippen molar-refractivity contribution < 1.29 is 4.39 Å². The van der Waals surface area contributed by atoms with Crippen LogP contribution in [0.3, 0.4) is 0 Å². The average Bonchev–Trinajstić information content (AvgIpc) is 2.44. The summed E-state index contributed by atoms with van der Waals surface area (Å²) < 4.78 is 14.8. The first-order valence-electron chi connectivity index (χ1n) is 6.97. The van der Waals surface area contributed by atoms with Crippen molar-refractivity contribution in [2.75, 3.05) is 6.54 Å². The van der Waals surface area contributed by atoms with Gasteiger partial charge in [-0.3, -0.25) is 0 Å². The van der Waals surface area contributed by atoms with Crippen LogP contribution in [0.1, 0.15) is 36.1 Å². The molecule has 1 N–H and O–H groups in total. The molecule has 21 heavy (non-hydrogen) atoms. The predicted octanol–water partition coefficient (Wildman–Crippen LogP) is 5.48. The lowest BCUT2D eigenvalue weighted by atomic mass is 9.97. The van der Waals surface area contributed by atoms with Crippen LogP contribution in [-0.2, 0) is 0 Å². The van der Waals surface area contributed by atoms with Crippen molar-refractivity contribution in [2.24, 2.45) is 0 Å². The number of halogens is 3. The fraction of sp³-hybridized carbons (Fsp3) is 0.294. The smallest absolute Gasteiger partial charge is 0.127 e. The fourth-order valence-electron chi connectivity index (χ4n) is 2.28. The second-order valence-electron chi connectivity index (χ2n) is 5.07. The number of benzene rings is 2. The SMILES string of the molecule is CCCNC(c1cccc(I)c1)c1cc(C)c(F)cc1Cl. The third-order valence-electron chi connectivity index (χ3n) is 3.37. The van der Waals surface area contributed by atoms with Crippen molar-refractivity contribution in [2.45, 2.75) is 26.3 Å². The maximum Gasteiger partial charge on any atom is 0.127 e. The molecule has 0 bridgehead atoms. The Kier molecular flexibility index (Phi) is 6.02. The molecule has 0 amide bonds. The van der Waals surface area contributed by atoms with Gasteiger partial charge in [0.05, 0.1) is 6.04 Å². The minimum atomic E-state index is -0.263. The third kappa shape index (κ3) is 4.18. The molecule has 0 aliphatic rings.